The number of hydrogen-bond acceptors (Lipinski definition) is 4. The molecular formula is C13H18N2O4S. The Hall–Kier alpha value is -1.70. The second-order valence-electron chi connectivity index (χ2n) is 4.29. The maximum atomic E-state index is 12.3. The van der Waals surface area contributed by atoms with Crippen LogP contribution in [0.1, 0.15) is 15.9 Å². The molecule has 1 amide bonds. The van der Waals surface area contributed by atoms with Crippen molar-refractivity contribution in [2.24, 2.45) is 5.14 Å². The van der Waals surface area contributed by atoms with Gasteiger partial charge in [-0.25, -0.2) is 13.6 Å². The second-order valence-corrected chi connectivity index (χ2v) is 5.85. The van der Waals surface area contributed by atoms with Crippen molar-refractivity contribution in [1.82, 2.24) is 4.90 Å². The van der Waals surface area contributed by atoms with Gasteiger partial charge in [0, 0.05) is 18.7 Å². The summed E-state index contributed by atoms with van der Waals surface area (Å²) in [5.41, 5.74) is 0.876. The first kappa shape index (κ1) is 16.4. The van der Waals surface area contributed by atoms with Gasteiger partial charge in [-0.3, -0.25) is 4.79 Å². The van der Waals surface area contributed by atoms with E-state index in [4.69, 9.17) is 10.2 Å². The SMILES string of the molecule is C=CCN(CCO)C(=O)c1ccc(S(N)(=O)=O)cc1C. The molecule has 0 spiro atoms. The number of nitrogens with two attached hydrogens (primary N) is 1. The third-order valence-corrected chi connectivity index (χ3v) is 3.67. The van der Waals surface area contributed by atoms with Crippen LogP contribution in [0.5, 0.6) is 0 Å². The van der Waals surface area contributed by atoms with Gasteiger partial charge < -0.3 is 10.0 Å². The van der Waals surface area contributed by atoms with Gasteiger partial charge in [-0.05, 0) is 30.7 Å². The average molecular weight is 298 g/mol. The smallest absolute Gasteiger partial charge is 0.254 e. The molecule has 0 aromatic heterocycles. The molecule has 0 aliphatic carbocycles. The highest BCUT2D eigenvalue weighted by molar-refractivity contribution is 7.89. The van der Waals surface area contributed by atoms with Crippen molar-refractivity contribution >= 4 is 15.9 Å². The number of rotatable bonds is 6. The Labute approximate surface area is 118 Å². The zero-order valence-electron chi connectivity index (χ0n) is 11.2. The first-order chi connectivity index (χ1) is 9.31. The second kappa shape index (κ2) is 6.65. The fourth-order valence-electron chi connectivity index (χ4n) is 1.78. The highest BCUT2D eigenvalue weighted by Crippen LogP contribution is 2.16. The summed E-state index contributed by atoms with van der Waals surface area (Å²) in [4.78, 5) is 13.7. The lowest BCUT2D eigenvalue weighted by atomic mass is 10.1. The lowest BCUT2D eigenvalue weighted by Gasteiger charge is -2.21. The van der Waals surface area contributed by atoms with Crippen LogP contribution in [0.4, 0.5) is 0 Å². The summed E-state index contributed by atoms with van der Waals surface area (Å²) in [6.07, 6.45) is 1.56. The molecule has 0 radical (unpaired) electrons. The summed E-state index contributed by atoms with van der Waals surface area (Å²) in [7, 11) is -3.79. The van der Waals surface area contributed by atoms with Crippen molar-refractivity contribution in [1.29, 1.82) is 0 Å². The summed E-state index contributed by atoms with van der Waals surface area (Å²) < 4.78 is 22.5. The van der Waals surface area contributed by atoms with E-state index in [1.165, 1.54) is 23.1 Å². The van der Waals surface area contributed by atoms with Gasteiger partial charge in [-0.1, -0.05) is 6.08 Å². The highest BCUT2D eigenvalue weighted by Gasteiger charge is 2.18. The van der Waals surface area contributed by atoms with E-state index in [1.54, 1.807) is 13.0 Å². The highest BCUT2D eigenvalue weighted by atomic mass is 32.2. The number of amides is 1. The number of sulfonamides is 1. The van der Waals surface area contributed by atoms with Gasteiger partial charge in [-0.2, -0.15) is 0 Å². The van der Waals surface area contributed by atoms with Crippen molar-refractivity contribution in [3.63, 3.8) is 0 Å². The molecule has 0 saturated heterocycles. The Balaban J connectivity index is 3.13. The first-order valence-corrected chi connectivity index (χ1v) is 7.50. The quantitative estimate of drug-likeness (QED) is 0.736. The number of benzene rings is 1. The fourth-order valence-corrected chi connectivity index (χ4v) is 2.37. The van der Waals surface area contributed by atoms with Crippen LogP contribution in [-0.4, -0.2) is 44.0 Å². The normalized spacial score (nSPS) is 11.2. The molecule has 0 atom stereocenters. The van der Waals surface area contributed by atoms with E-state index in [1.807, 2.05) is 0 Å². The lowest BCUT2D eigenvalue weighted by Crippen LogP contribution is -2.34. The summed E-state index contributed by atoms with van der Waals surface area (Å²) in [6, 6.07) is 4.07. The van der Waals surface area contributed by atoms with Gasteiger partial charge in [0.25, 0.3) is 5.91 Å². The molecule has 3 N–H and O–H groups in total. The maximum Gasteiger partial charge on any atom is 0.254 e. The van der Waals surface area contributed by atoms with Crippen molar-refractivity contribution in [2.45, 2.75) is 11.8 Å². The van der Waals surface area contributed by atoms with Crippen LogP contribution >= 0.6 is 0 Å². The molecule has 0 saturated carbocycles. The van der Waals surface area contributed by atoms with E-state index in [0.29, 0.717) is 17.7 Å². The lowest BCUT2D eigenvalue weighted by molar-refractivity contribution is 0.0742. The Morgan fingerprint density at radius 3 is 2.60 bits per heavy atom. The average Bonchev–Trinajstić information content (AvgIpc) is 2.36. The van der Waals surface area contributed by atoms with Crippen molar-refractivity contribution in [3.8, 4) is 0 Å². The summed E-state index contributed by atoms with van der Waals surface area (Å²) in [5.74, 6) is -0.294. The zero-order valence-corrected chi connectivity index (χ0v) is 12.1. The van der Waals surface area contributed by atoms with Gasteiger partial charge in [0.2, 0.25) is 10.0 Å². The minimum absolute atomic E-state index is 0.0380. The van der Waals surface area contributed by atoms with Gasteiger partial charge in [0.15, 0.2) is 0 Å². The standard InChI is InChI=1S/C13H18N2O4S/c1-3-6-15(7-8-16)13(17)12-5-4-11(9-10(12)2)20(14,18)19/h3-5,9,16H,1,6-8H2,2H3,(H2,14,18,19). The van der Waals surface area contributed by atoms with Crippen molar-refractivity contribution < 1.29 is 18.3 Å². The maximum absolute atomic E-state index is 12.3. The van der Waals surface area contributed by atoms with Crippen LogP contribution < -0.4 is 5.14 Å². The molecule has 110 valence electrons. The van der Waals surface area contributed by atoms with E-state index < -0.39 is 10.0 Å². The van der Waals surface area contributed by atoms with E-state index in [0.717, 1.165) is 0 Å². The predicted molar refractivity (Wildman–Crippen MR) is 75.7 cm³/mol. The van der Waals surface area contributed by atoms with Crippen LogP contribution in [0.25, 0.3) is 0 Å². The van der Waals surface area contributed by atoms with Crippen LogP contribution in [0.3, 0.4) is 0 Å². The minimum Gasteiger partial charge on any atom is -0.395 e. The minimum atomic E-state index is -3.79. The van der Waals surface area contributed by atoms with Crippen molar-refractivity contribution in [3.05, 3.63) is 42.0 Å². The topological polar surface area (TPSA) is 101 Å². The number of aliphatic hydroxyl groups excluding tert-OH is 1. The molecule has 1 rings (SSSR count). The first-order valence-electron chi connectivity index (χ1n) is 5.95. The third-order valence-electron chi connectivity index (χ3n) is 2.76. The molecule has 0 unspecified atom stereocenters. The molecule has 0 aliphatic heterocycles. The molecule has 0 aliphatic rings. The molecule has 1 aromatic carbocycles. The molecule has 20 heavy (non-hydrogen) atoms. The molecule has 0 heterocycles. The van der Waals surface area contributed by atoms with E-state index in [9.17, 15) is 13.2 Å². The molecule has 7 heteroatoms. The number of carbonyl (C=O) groups excluding carboxylic acids is 1. The number of hydrogen-bond donors (Lipinski definition) is 2. The summed E-state index contributed by atoms with van der Waals surface area (Å²) in [6.45, 7) is 5.51. The van der Waals surface area contributed by atoms with Crippen LogP contribution in [0.15, 0.2) is 35.7 Å². The van der Waals surface area contributed by atoms with Gasteiger partial charge in [0.1, 0.15) is 0 Å². The number of aryl methyl sites for hydroxylation is 1. The third kappa shape index (κ3) is 3.89. The Bertz CT molecular complexity index is 611. The zero-order chi connectivity index (χ0) is 15.3. The molecular weight excluding hydrogens is 280 g/mol. The Morgan fingerprint density at radius 2 is 2.15 bits per heavy atom. The Morgan fingerprint density at radius 1 is 1.50 bits per heavy atom. The molecule has 0 bridgehead atoms. The monoisotopic (exact) mass is 298 g/mol. The van der Waals surface area contributed by atoms with Crippen LogP contribution in [0, 0.1) is 6.92 Å². The molecule has 1 aromatic rings. The van der Waals surface area contributed by atoms with Crippen LogP contribution in [0.2, 0.25) is 0 Å². The predicted octanol–water partition coefficient (Wildman–Crippen LogP) is 0.263. The largest absolute Gasteiger partial charge is 0.395 e. The molecule has 6 nitrogen and oxygen atoms in total. The van der Waals surface area contributed by atoms with Crippen LogP contribution in [-0.2, 0) is 10.0 Å². The van der Waals surface area contributed by atoms with E-state index in [-0.39, 0.29) is 24.0 Å². The van der Waals surface area contributed by atoms with E-state index in [2.05, 4.69) is 6.58 Å². The van der Waals surface area contributed by atoms with Crippen molar-refractivity contribution in [2.75, 3.05) is 19.7 Å². The van der Waals surface area contributed by atoms with Gasteiger partial charge in [-0.15, -0.1) is 6.58 Å². The van der Waals surface area contributed by atoms with Gasteiger partial charge in [0.05, 0.1) is 11.5 Å². The summed E-state index contributed by atoms with van der Waals surface area (Å²) in [5, 5.41) is 14.0. The Kier molecular flexibility index (Phi) is 5.43. The fraction of sp³-hybridized carbons (Fsp3) is 0.308. The molecule has 0 fully saturated rings. The number of carbonyl (C=O) groups is 1. The number of aliphatic hydroxyl groups is 1. The number of primary sulfonamides is 1. The van der Waals surface area contributed by atoms with E-state index >= 15 is 0 Å². The van der Waals surface area contributed by atoms with Gasteiger partial charge >= 0.3 is 0 Å². The number of nitrogens with zero attached hydrogens (tertiary/aromatic N) is 1. The summed E-state index contributed by atoms with van der Waals surface area (Å²) >= 11 is 0.